The molecule has 0 aromatic heterocycles. The Labute approximate surface area is 128 Å². The molecular weight excluding hydrogens is 293 g/mol. The van der Waals surface area contributed by atoms with E-state index in [4.69, 9.17) is 4.74 Å². The zero-order chi connectivity index (χ0) is 16.2. The van der Waals surface area contributed by atoms with Gasteiger partial charge in [0.25, 0.3) is 5.91 Å². The normalized spacial score (nSPS) is 20.2. The fourth-order valence-corrected chi connectivity index (χ4v) is 2.31. The first kappa shape index (κ1) is 16.5. The summed E-state index contributed by atoms with van der Waals surface area (Å²) in [5.41, 5.74) is -1.90. The molecule has 1 saturated carbocycles. The second kappa shape index (κ2) is 6.93. The standard InChI is InChI=1S/C14H22FN3O4/c1-2-22-11(19)9-16-13(21)18-7-5-14(15,6-8-18)12(20)17-10-3-4-10/h10H,2-9H2,1H3,(H,16,21)(H,17,20). The highest BCUT2D eigenvalue weighted by atomic mass is 19.1. The van der Waals surface area contributed by atoms with Gasteiger partial charge in [0.2, 0.25) is 0 Å². The Balaban J connectivity index is 1.74. The van der Waals surface area contributed by atoms with Crippen LogP contribution in [0.1, 0.15) is 32.6 Å². The summed E-state index contributed by atoms with van der Waals surface area (Å²) in [5, 5.41) is 5.09. The van der Waals surface area contributed by atoms with Crippen LogP contribution in [0.3, 0.4) is 0 Å². The molecule has 1 heterocycles. The largest absolute Gasteiger partial charge is 0.465 e. The van der Waals surface area contributed by atoms with Gasteiger partial charge in [-0.1, -0.05) is 0 Å². The molecule has 0 atom stereocenters. The number of nitrogens with one attached hydrogen (secondary N) is 2. The van der Waals surface area contributed by atoms with E-state index in [1.807, 2.05) is 0 Å². The summed E-state index contributed by atoms with van der Waals surface area (Å²) in [6.07, 6.45) is 1.76. The van der Waals surface area contributed by atoms with Crippen molar-refractivity contribution in [3.8, 4) is 0 Å². The molecule has 7 nitrogen and oxygen atoms in total. The number of halogens is 1. The van der Waals surface area contributed by atoms with Crippen LogP contribution in [-0.2, 0) is 14.3 Å². The molecule has 0 spiro atoms. The summed E-state index contributed by atoms with van der Waals surface area (Å²) in [6, 6.07) is -0.330. The van der Waals surface area contributed by atoms with Gasteiger partial charge in [-0.05, 0) is 19.8 Å². The zero-order valence-corrected chi connectivity index (χ0v) is 12.7. The van der Waals surface area contributed by atoms with E-state index in [9.17, 15) is 18.8 Å². The van der Waals surface area contributed by atoms with Crippen molar-refractivity contribution in [2.45, 2.75) is 44.3 Å². The van der Waals surface area contributed by atoms with Crippen LogP contribution in [0.5, 0.6) is 0 Å². The molecule has 1 aliphatic carbocycles. The summed E-state index contributed by atoms with van der Waals surface area (Å²) < 4.78 is 19.3. The Kier molecular flexibility index (Phi) is 5.20. The van der Waals surface area contributed by atoms with Gasteiger partial charge in [0.1, 0.15) is 6.54 Å². The van der Waals surface area contributed by atoms with Gasteiger partial charge in [-0.15, -0.1) is 0 Å². The first-order valence-electron chi connectivity index (χ1n) is 7.63. The second-order valence-corrected chi connectivity index (χ2v) is 5.66. The maximum Gasteiger partial charge on any atom is 0.325 e. The summed E-state index contributed by atoms with van der Waals surface area (Å²) in [6.45, 7) is 2.00. The first-order chi connectivity index (χ1) is 10.4. The van der Waals surface area contributed by atoms with Gasteiger partial charge in [-0.25, -0.2) is 9.18 Å². The van der Waals surface area contributed by atoms with Crippen molar-refractivity contribution in [1.29, 1.82) is 0 Å². The van der Waals surface area contributed by atoms with Crippen LogP contribution >= 0.6 is 0 Å². The average Bonchev–Trinajstić information content (AvgIpc) is 3.30. The van der Waals surface area contributed by atoms with Crippen molar-refractivity contribution in [2.75, 3.05) is 26.2 Å². The van der Waals surface area contributed by atoms with Crippen LogP contribution in [0.15, 0.2) is 0 Å². The van der Waals surface area contributed by atoms with Crippen LogP contribution in [0.2, 0.25) is 0 Å². The van der Waals surface area contributed by atoms with E-state index in [1.165, 1.54) is 4.90 Å². The molecule has 124 valence electrons. The van der Waals surface area contributed by atoms with Crippen LogP contribution in [0, 0.1) is 0 Å². The molecule has 22 heavy (non-hydrogen) atoms. The van der Waals surface area contributed by atoms with Gasteiger partial charge in [-0.3, -0.25) is 9.59 Å². The lowest BCUT2D eigenvalue weighted by atomic mass is 9.92. The molecule has 1 saturated heterocycles. The van der Waals surface area contributed by atoms with Crippen molar-refractivity contribution in [1.82, 2.24) is 15.5 Å². The van der Waals surface area contributed by atoms with E-state index in [-0.39, 0.29) is 45.1 Å². The van der Waals surface area contributed by atoms with Crippen LogP contribution in [0.4, 0.5) is 9.18 Å². The molecule has 2 rings (SSSR count). The number of carbonyl (C=O) groups excluding carboxylic acids is 3. The number of hydrogen-bond acceptors (Lipinski definition) is 4. The van der Waals surface area contributed by atoms with E-state index in [1.54, 1.807) is 6.92 Å². The van der Waals surface area contributed by atoms with Gasteiger partial charge in [0.15, 0.2) is 5.67 Å². The Bertz CT molecular complexity index is 445. The number of ether oxygens (including phenoxy) is 1. The highest BCUT2D eigenvalue weighted by molar-refractivity contribution is 5.86. The molecule has 0 aromatic carbocycles. The number of nitrogens with zero attached hydrogens (tertiary/aromatic N) is 1. The van der Waals surface area contributed by atoms with E-state index in [2.05, 4.69) is 10.6 Å². The van der Waals surface area contributed by atoms with E-state index < -0.39 is 23.6 Å². The van der Waals surface area contributed by atoms with E-state index in [0.717, 1.165) is 12.8 Å². The van der Waals surface area contributed by atoms with Gasteiger partial charge < -0.3 is 20.3 Å². The van der Waals surface area contributed by atoms with Gasteiger partial charge in [-0.2, -0.15) is 0 Å². The third kappa shape index (κ3) is 4.32. The predicted molar refractivity (Wildman–Crippen MR) is 75.8 cm³/mol. The highest BCUT2D eigenvalue weighted by Crippen LogP contribution is 2.29. The maximum absolute atomic E-state index is 14.6. The Morgan fingerprint density at radius 3 is 2.45 bits per heavy atom. The topological polar surface area (TPSA) is 87.7 Å². The third-order valence-electron chi connectivity index (χ3n) is 3.85. The van der Waals surface area contributed by atoms with Crippen molar-refractivity contribution in [3.63, 3.8) is 0 Å². The lowest BCUT2D eigenvalue weighted by Crippen LogP contribution is -2.54. The molecule has 8 heteroatoms. The number of esters is 1. The summed E-state index contributed by atoms with van der Waals surface area (Å²) >= 11 is 0. The summed E-state index contributed by atoms with van der Waals surface area (Å²) in [4.78, 5) is 36.3. The zero-order valence-electron chi connectivity index (χ0n) is 12.7. The predicted octanol–water partition coefficient (Wildman–Crippen LogP) is 0.342. The molecule has 1 aliphatic heterocycles. The molecular formula is C14H22FN3O4. The maximum atomic E-state index is 14.6. The molecule has 2 N–H and O–H groups in total. The fourth-order valence-electron chi connectivity index (χ4n) is 2.31. The lowest BCUT2D eigenvalue weighted by Gasteiger charge is -2.35. The number of rotatable bonds is 5. The number of likely N-dealkylation sites (tertiary alicyclic amines) is 1. The van der Waals surface area contributed by atoms with Crippen LogP contribution in [0.25, 0.3) is 0 Å². The SMILES string of the molecule is CCOC(=O)CNC(=O)N1CCC(F)(C(=O)NC2CC2)CC1. The minimum Gasteiger partial charge on any atom is -0.465 e. The van der Waals surface area contributed by atoms with Crippen molar-refractivity contribution in [2.24, 2.45) is 0 Å². The van der Waals surface area contributed by atoms with Crippen molar-refractivity contribution in [3.05, 3.63) is 0 Å². The molecule has 3 amide bonds. The van der Waals surface area contributed by atoms with Crippen LogP contribution in [-0.4, -0.2) is 60.8 Å². The number of piperidine rings is 1. The summed E-state index contributed by atoms with van der Waals surface area (Å²) in [7, 11) is 0. The molecule has 0 aromatic rings. The minimum absolute atomic E-state index is 0.0294. The third-order valence-corrected chi connectivity index (χ3v) is 3.85. The number of amides is 3. The number of urea groups is 1. The van der Waals surface area contributed by atoms with Crippen molar-refractivity contribution >= 4 is 17.9 Å². The van der Waals surface area contributed by atoms with Gasteiger partial charge in [0, 0.05) is 32.0 Å². The molecule has 0 unspecified atom stereocenters. The number of alkyl halides is 1. The highest BCUT2D eigenvalue weighted by Gasteiger charge is 2.44. The van der Waals surface area contributed by atoms with Gasteiger partial charge in [0.05, 0.1) is 6.61 Å². The molecule has 0 radical (unpaired) electrons. The number of hydrogen-bond donors (Lipinski definition) is 2. The van der Waals surface area contributed by atoms with Gasteiger partial charge >= 0.3 is 12.0 Å². The smallest absolute Gasteiger partial charge is 0.325 e. The molecule has 2 aliphatic rings. The average molecular weight is 315 g/mol. The monoisotopic (exact) mass is 315 g/mol. The van der Waals surface area contributed by atoms with Crippen LogP contribution < -0.4 is 10.6 Å². The number of carbonyl (C=O) groups is 3. The second-order valence-electron chi connectivity index (χ2n) is 5.66. The fraction of sp³-hybridized carbons (Fsp3) is 0.786. The minimum atomic E-state index is -1.90. The summed E-state index contributed by atoms with van der Waals surface area (Å²) in [5.74, 6) is -1.09. The molecule has 2 fully saturated rings. The van der Waals surface area contributed by atoms with Crippen molar-refractivity contribution < 1.29 is 23.5 Å². The van der Waals surface area contributed by atoms with E-state index in [0.29, 0.717) is 0 Å². The Morgan fingerprint density at radius 1 is 1.27 bits per heavy atom. The lowest BCUT2D eigenvalue weighted by molar-refractivity contribution is -0.141. The Morgan fingerprint density at radius 2 is 1.91 bits per heavy atom. The van der Waals surface area contributed by atoms with E-state index >= 15 is 0 Å². The molecule has 0 bridgehead atoms. The Hall–Kier alpha value is -1.86. The quantitative estimate of drug-likeness (QED) is 0.716. The first-order valence-corrected chi connectivity index (χ1v) is 7.63.